The van der Waals surface area contributed by atoms with Gasteiger partial charge in [-0.2, -0.15) is 0 Å². The van der Waals surface area contributed by atoms with Gasteiger partial charge in [-0.25, -0.2) is 4.39 Å². The number of benzene rings is 1. The first-order valence-corrected chi connectivity index (χ1v) is 6.49. The van der Waals surface area contributed by atoms with E-state index in [9.17, 15) is 4.39 Å². The molecule has 0 aliphatic rings. The second-order valence-electron chi connectivity index (χ2n) is 3.70. The van der Waals surface area contributed by atoms with E-state index in [0.29, 0.717) is 22.3 Å². The molecular formula is C12H13BrFN3O. The molecule has 1 N–H and O–H groups in total. The van der Waals surface area contributed by atoms with Crippen LogP contribution in [0.25, 0.3) is 11.5 Å². The van der Waals surface area contributed by atoms with Gasteiger partial charge in [0.2, 0.25) is 5.89 Å². The van der Waals surface area contributed by atoms with Crippen molar-refractivity contribution in [2.75, 3.05) is 13.1 Å². The second-order valence-corrected chi connectivity index (χ2v) is 4.56. The maximum absolute atomic E-state index is 13.7. The number of nitrogens with one attached hydrogen (secondary N) is 1. The lowest BCUT2D eigenvalue weighted by atomic mass is 10.2. The second kappa shape index (κ2) is 6.06. The van der Waals surface area contributed by atoms with Crippen LogP contribution in [0.2, 0.25) is 0 Å². The number of halogens is 2. The number of hydrogen-bond acceptors (Lipinski definition) is 4. The molecular weight excluding hydrogens is 301 g/mol. The van der Waals surface area contributed by atoms with E-state index in [1.165, 1.54) is 6.07 Å². The number of hydrogen-bond donors (Lipinski definition) is 1. The van der Waals surface area contributed by atoms with Gasteiger partial charge in [-0.15, -0.1) is 10.2 Å². The number of nitrogens with zero attached hydrogens (tertiary/aromatic N) is 2. The van der Waals surface area contributed by atoms with Crippen molar-refractivity contribution in [1.82, 2.24) is 15.5 Å². The first-order chi connectivity index (χ1) is 8.72. The smallest absolute Gasteiger partial charge is 0.251 e. The lowest BCUT2D eigenvalue weighted by Crippen LogP contribution is -2.16. The van der Waals surface area contributed by atoms with Gasteiger partial charge >= 0.3 is 0 Å². The van der Waals surface area contributed by atoms with Gasteiger partial charge in [0.25, 0.3) is 5.89 Å². The van der Waals surface area contributed by atoms with Gasteiger partial charge in [-0.05, 0) is 34.6 Å². The van der Waals surface area contributed by atoms with Crippen LogP contribution in [0.4, 0.5) is 4.39 Å². The minimum absolute atomic E-state index is 0.200. The summed E-state index contributed by atoms with van der Waals surface area (Å²) in [5.41, 5.74) is 0.305. The molecule has 0 aliphatic carbocycles. The third-order valence-corrected chi connectivity index (χ3v) is 3.07. The van der Waals surface area contributed by atoms with Gasteiger partial charge in [0, 0.05) is 17.4 Å². The van der Waals surface area contributed by atoms with Crippen LogP contribution < -0.4 is 5.32 Å². The van der Waals surface area contributed by atoms with Crippen molar-refractivity contribution < 1.29 is 8.81 Å². The van der Waals surface area contributed by atoms with Crippen LogP contribution in [0.3, 0.4) is 0 Å². The van der Waals surface area contributed by atoms with Crippen molar-refractivity contribution in [3.8, 4) is 11.5 Å². The number of aromatic nitrogens is 2. The minimum Gasteiger partial charge on any atom is -0.421 e. The first-order valence-electron chi connectivity index (χ1n) is 5.70. The fourth-order valence-electron chi connectivity index (χ4n) is 1.53. The molecule has 96 valence electrons. The zero-order valence-corrected chi connectivity index (χ0v) is 11.5. The highest BCUT2D eigenvalue weighted by molar-refractivity contribution is 9.10. The average Bonchev–Trinajstić information content (AvgIpc) is 2.78. The molecule has 0 fully saturated rings. The zero-order chi connectivity index (χ0) is 13.0. The van der Waals surface area contributed by atoms with Crippen LogP contribution in [0.5, 0.6) is 0 Å². The highest BCUT2D eigenvalue weighted by atomic mass is 79.9. The molecule has 2 rings (SSSR count). The Morgan fingerprint density at radius 2 is 2.22 bits per heavy atom. The SMILES string of the molecule is CCNCCc1nnc(-c2c(F)cccc2Br)o1. The summed E-state index contributed by atoms with van der Waals surface area (Å²) in [4.78, 5) is 0. The van der Waals surface area contributed by atoms with E-state index in [4.69, 9.17) is 4.42 Å². The Morgan fingerprint density at radius 1 is 1.39 bits per heavy atom. The minimum atomic E-state index is -0.383. The average molecular weight is 314 g/mol. The predicted molar refractivity (Wildman–Crippen MR) is 69.6 cm³/mol. The molecule has 18 heavy (non-hydrogen) atoms. The Hall–Kier alpha value is -1.27. The normalized spacial score (nSPS) is 10.8. The third kappa shape index (κ3) is 2.94. The van der Waals surface area contributed by atoms with Crippen LogP contribution >= 0.6 is 15.9 Å². The van der Waals surface area contributed by atoms with Gasteiger partial charge < -0.3 is 9.73 Å². The first kappa shape index (κ1) is 13.2. The highest BCUT2D eigenvalue weighted by Crippen LogP contribution is 2.29. The quantitative estimate of drug-likeness (QED) is 0.862. The maximum atomic E-state index is 13.7. The molecule has 4 nitrogen and oxygen atoms in total. The van der Waals surface area contributed by atoms with Gasteiger partial charge in [0.15, 0.2) is 0 Å². The molecule has 0 spiro atoms. The molecule has 0 atom stereocenters. The lowest BCUT2D eigenvalue weighted by Gasteiger charge is -2.00. The molecule has 6 heteroatoms. The summed E-state index contributed by atoms with van der Waals surface area (Å²) in [7, 11) is 0. The summed E-state index contributed by atoms with van der Waals surface area (Å²) in [6.07, 6.45) is 0.632. The standard InChI is InChI=1S/C12H13BrFN3O/c1-2-15-7-6-10-16-17-12(18-10)11-8(13)4-3-5-9(11)14/h3-5,15H,2,6-7H2,1H3. The fraction of sp³-hybridized carbons (Fsp3) is 0.333. The Morgan fingerprint density at radius 3 is 2.94 bits per heavy atom. The predicted octanol–water partition coefficient (Wildman–Crippen LogP) is 2.79. The third-order valence-electron chi connectivity index (χ3n) is 2.41. The Labute approximate surface area is 113 Å². The van der Waals surface area contributed by atoms with Gasteiger partial charge in [-0.3, -0.25) is 0 Å². The largest absolute Gasteiger partial charge is 0.421 e. The van der Waals surface area contributed by atoms with Crippen molar-refractivity contribution in [2.45, 2.75) is 13.3 Å². The Bertz CT molecular complexity index is 510. The number of likely N-dealkylation sites (N-methyl/N-ethyl adjacent to an activating group) is 1. The van der Waals surface area contributed by atoms with Crippen LogP contribution in [0.1, 0.15) is 12.8 Å². The van der Waals surface area contributed by atoms with Crippen LogP contribution in [-0.2, 0) is 6.42 Å². The van der Waals surface area contributed by atoms with Crippen molar-refractivity contribution in [3.63, 3.8) is 0 Å². The summed E-state index contributed by atoms with van der Waals surface area (Å²) in [5.74, 6) is 0.318. The summed E-state index contributed by atoms with van der Waals surface area (Å²) in [6, 6.07) is 4.72. The van der Waals surface area contributed by atoms with E-state index in [0.717, 1.165) is 13.1 Å². The van der Waals surface area contributed by atoms with Crippen molar-refractivity contribution >= 4 is 15.9 Å². The van der Waals surface area contributed by atoms with E-state index in [2.05, 4.69) is 31.4 Å². The topological polar surface area (TPSA) is 51.0 Å². The molecule has 0 bridgehead atoms. The van der Waals surface area contributed by atoms with Crippen molar-refractivity contribution in [2.24, 2.45) is 0 Å². The summed E-state index contributed by atoms with van der Waals surface area (Å²) in [5, 5.41) is 10.9. The van der Waals surface area contributed by atoms with E-state index < -0.39 is 0 Å². The highest BCUT2D eigenvalue weighted by Gasteiger charge is 2.15. The van der Waals surface area contributed by atoms with Crippen LogP contribution in [-0.4, -0.2) is 23.3 Å². The molecule has 1 aromatic carbocycles. The molecule has 0 unspecified atom stereocenters. The lowest BCUT2D eigenvalue weighted by molar-refractivity contribution is 0.493. The van der Waals surface area contributed by atoms with Crippen LogP contribution in [0.15, 0.2) is 27.1 Å². The molecule has 0 saturated carbocycles. The Balaban J connectivity index is 2.19. The summed E-state index contributed by atoms with van der Waals surface area (Å²) >= 11 is 3.28. The molecule has 1 aromatic heterocycles. The van der Waals surface area contributed by atoms with E-state index in [-0.39, 0.29) is 11.7 Å². The van der Waals surface area contributed by atoms with Gasteiger partial charge in [0.05, 0.1) is 5.56 Å². The van der Waals surface area contributed by atoms with E-state index in [1.807, 2.05) is 6.92 Å². The van der Waals surface area contributed by atoms with E-state index >= 15 is 0 Å². The maximum Gasteiger partial charge on any atom is 0.251 e. The molecule has 2 aromatic rings. The van der Waals surface area contributed by atoms with Crippen LogP contribution in [0, 0.1) is 5.82 Å². The summed E-state index contributed by atoms with van der Waals surface area (Å²) < 4.78 is 19.7. The molecule has 0 saturated heterocycles. The summed E-state index contributed by atoms with van der Waals surface area (Å²) in [6.45, 7) is 3.67. The van der Waals surface area contributed by atoms with E-state index in [1.54, 1.807) is 12.1 Å². The molecule has 0 radical (unpaired) electrons. The monoisotopic (exact) mass is 313 g/mol. The molecule has 0 aliphatic heterocycles. The van der Waals surface area contributed by atoms with Gasteiger partial charge in [-0.1, -0.05) is 13.0 Å². The molecule has 0 amide bonds. The van der Waals surface area contributed by atoms with Crippen molar-refractivity contribution in [3.05, 3.63) is 34.4 Å². The zero-order valence-electron chi connectivity index (χ0n) is 9.91. The molecule has 1 heterocycles. The number of rotatable bonds is 5. The fourth-order valence-corrected chi connectivity index (χ4v) is 2.04. The van der Waals surface area contributed by atoms with Crippen molar-refractivity contribution in [1.29, 1.82) is 0 Å². The Kier molecular flexibility index (Phi) is 4.43. The van der Waals surface area contributed by atoms with Gasteiger partial charge in [0.1, 0.15) is 5.82 Å².